The molecule has 1 fully saturated rings. The van der Waals surface area contributed by atoms with Crippen molar-refractivity contribution in [3.63, 3.8) is 0 Å². The number of aromatic nitrogens is 1. The van der Waals surface area contributed by atoms with Gasteiger partial charge in [0.05, 0.1) is 12.6 Å². The van der Waals surface area contributed by atoms with Crippen LogP contribution >= 0.6 is 0 Å². The van der Waals surface area contributed by atoms with Gasteiger partial charge in [-0.15, -0.1) is 0 Å². The summed E-state index contributed by atoms with van der Waals surface area (Å²) in [6.07, 6.45) is 4.73. The average Bonchev–Trinajstić information content (AvgIpc) is 3.15. The molecule has 1 aromatic heterocycles. The number of hydrogen-bond acceptors (Lipinski definition) is 6. The molecule has 7 nitrogen and oxygen atoms in total. The number of fused-ring (bicyclic) bond motifs is 1. The fourth-order valence-corrected chi connectivity index (χ4v) is 4.02. The first-order chi connectivity index (χ1) is 14.2. The minimum Gasteiger partial charge on any atom is -0.472 e. The molecule has 7 heteroatoms. The standard InChI is InChI=1S/C23H33N3O4/c1-16-13-26(17(2)15-27)22(28)19-11-18(7-10-23(29)8-5-6-9-23)12-24-21(19)30-20(16)14-25(3)4/h11-12,16-17,20,27,29H,5-6,8-9,13-15H2,1-4H3/t16-,17-,20-/m1/s1. The first-order valence-electron chi connectivity index (χ1n) is 10.7. The van der Waals surface area contributed by atoms with Crippen LogP contribution in [0.15, 0.2) is 12.3 Å². The van der Waals surface area contributed by atoms with E-state index in [1.54, 1.807) is 17.2 Å². The lowest BCUT2D eigenvalue weighted by atomic mass is 9.99. The van der Waals surface area contributed by atoms with Crippen molar-refractivity contribution in [2.75, 3.05) is 33.8 Å². The summed E-state index contributed by atoms with van der Waals surface area (Å²) in [6.45, 7) is 4.93. The van der Waals surface area contributed by atoms with E-state index in [0.717, 1.165) is 12.8 Å². The number of aliphatic hydroxyl groups is 2. The van der Waals surface area contributed by atoms with Crippen molar-refractivity contribution in [3.8, 4) is 17.7 Å². The van der Waals surface area contributed by atoms with Gasteiger partial charge in [0.15, 0.2) is 0 Å². The van der Waals surface area contributed by atoms with Gasteiger partial charge >= 0.3 is 0 Å². The van der Waals surface area contributed by atoms with Gasteiger partial charge in [0.25, 0.3) is 5.91 Å². The molecule has 30 heavy (non-hydrogen) atoms. The topological polar surface area (TPSA) is 86.1 Å². The van der Waals surface area contributed by atoms with Gasteiger partial charge in [0, 0.05) is 30.8 Å². The minimum absolute atomic E-state index is 0.0661. The van der Waals surface area contributed by atoms with E-state index in [-0.39, 0.29) is 30.6 Å². The molecular weight excluding hydrogens is 382 g/mol. The van der Waals surface area contributed by atoms with E-state index in [2.05, 4.69) is 16.8 Å². The Kier molecular flexibility index (Phi) is 7.02. The van der Waals surface area contributed by atoms with Crippen LogP contribution in [0, 0.1) is 17.8 Å². The summed E-state index contributed by atoms with van der Waals surface area (Å²) in [5.41, 5.74) is -0.0364. The molecule has 1 aliphatic heterocycles. The SMILES string of the molecule is C[C@@H]1CN([C@H](C)CO)C(=O)c2cc(C#CC3(O)CCCC3)cnc2O[C@@H]1CN(C)C. The summed E-state index contributed by atoms with van der Waals surface area (Å²) in [4.78, 5) is 21.5. The van der Waals surface area contributed by atoms with Crippen LogP contribution in [-0.4, -0.2) is 82.4 Å². The molecule has 3 rings (SSSR count). The lowest BCUT2D eigenvalue weighted by Crippen LogP contribution is -2.49. The fraction of sp³-hybridized carbons (Fsp3) is 0.652. The Morgan fingerprint density at radius 3 is 2.73 bits per heavy atom. The molecular formula is C23H33N3O4. The van der Waals surface area contributed by atoms with Crippen LogP contribution in [0.2, 0.25) is 0 Å². The molecule has 0 spiro atoms. The zero-order valence-electron chi connectivity index (χ0n) is 18.4. The highest BCUT2D eigenvalue weighted by molar-refractivity contribution is 5.97. The first kappa shape index (κ1) is 22.5. The minimum atomic E-state index is -0.950. The number of rotatable bonds is 4. The smallest absolute Gasteiger partial charge is 0.259 e. The van der Waals surface area contributed by atoms with Crippen LogP contribution in [0.1, 0.15) is 55.5 Å². The predicted molar refractivity (Wildman–Crippen MR) is 114 cm³/mol. The highest BCUT2D eigenvalue weighted by atomic mass is 16.5. The van der Waals surface area contributed by atoms with Crippen molar-refractivity contribution in [1.29, 1.82) is 0 Å². The van der Waals surface area contributed by atoms with Crippen molar-refractivity contribution in [2.45, 2.75) is 57.3 Å². The van der Waals surface area contributed by atoms with E-state index in [4.69, 9.17) is 4.74 Å². The Labute approximate surface area is 179 Å². The molecule has 0 bridgehead atoms. The Balaban J connectivity index is 1.98. The molecule has 164 valence electrons. The quantitative estimate of drug-likeness (QED) is 0.726. The molecule has 0 unspecified atom stereocenters. The largest absolute Gasteiger partial charge is 0.472 e. The molecule has 3 atom stereocenters. The molecule has 1 aliphatic carbocycles. The molecule has 1 saturated carbocycles. The van der Waals surface area contributed by atoms with Crippen molar-refractivity contribution in [1.82, 2.24) is 14.8 Å². The van der Waals surface area contributed by atoms with E-state index in [9.17, 15) is 15.0 Å². The van der Waals surface area contributed by atoms with Gasteiger partial charge < -0.3 is 24.7 Å². The molecule has 2 heterocycles. The summed E-state index contributed by atoms with van der Waals surface area (Å²) in [5.74, 6) is 6.09. The Bertz CT molecular complexity index is 823. The lowest BCUT2D eigenvalue weighted by molar-refractivity contribution is 0.0348. The third kappa shape index (κ3) is 5.12. The van der Waals surface area contributed by atoms with Crippen molar-refractivity contribution >= 4 is 5.91 Å². The summed E-state index contributed by atoms with van der Waals surface area (Å²) in [5, 5.41) is 20.2. The van der Waals surface area contributed by atoms with Crippen LogP contribution < -0.4 is 4.74 Å². The summed E-state index contributed by atoms with van der Waals surface area (Å²) in [7, 11) is 3.96. The van der Waals surface area contributed by atoms with Crippen LogP contribution in [0.4, 0.5) is 0 Å². The van der Waals surface area contributed by atoms with Crippen molar-refractivity contribution in [3.05, 3.63) is 23.4 Å². The predicted octanol–water partition coefficient (Wildman–Crippen LogP) is 1.52. The Morgan fingerprint density at radius 2 is 2.10 bits per heavy atom. The monoisotopic (exact) mass is 415 g/mol. The maximum atomic E-state index is 13.3. The highest BCUT2D eigenvalue weighted by Gasteiger charge is 2.34. The average molecular weight is 416 g/mol. The second-order valence-corrected chi connectivity index (χ2v) is 8.95. The van der Waals surface area contributed by atoms with Crippen LogP contribution in [-0.2, 0) is 0 Å². The van der Waals surface area contributed by atoms with Crippen LogP contribution in [0.25, 0.3) is 0 Å². The van der Waals surface area contributed by atoms with Crippen LogP contribution in [0.5, 0.6) is 5.88 Å². The van der Waals surface area contributed by atoms with Gasteiger partial charge in [0.1, 0.15) is 17.3 Å². The molecule has 0 radical (unpaired) electrons. The van der Waals surface area contributed by atoms with Gasteiger partial charge in [-0.1, -0.05) is 18.8 Å². The molecule has 0 aromatic carbocycles. The second kappa shape index (κ2) is 9.34. The summed E-state index contributed by atoms with van der Waals surface area (Å²) < 4.78 is 6.18. The fourth-order valence-electron chi connectivity index (χ4n) is 4.02. The van der Waals surface area contributed by atoms with Gasteiger partial charge in [-0.3, -0.25) is 4.79 Å². The van der Waals surface area contributed by atoms with Gasteiger partial charge in [-0.25, -0.2) is 4.98 Å². The number of carbonyl (C=O) groups excluding carboxylic acids is 1. The van der Waals surface area contributed by atoms with Crippen molar-refractivity contribution < 1.29 is 19.7 Å². The first-order valence-corrected chi connectivity index (χ1v) is 10.7. The molecule has 2 N–H and O–H groups in total. The van der Waals surface area contributed by atoms with Gasteiger partial charge in [-0.2, -0.15) is 0 Å². The third-order valence-corrected chi connectivity index (χ3v) is 5.94. The molecule has 1 aromatic rings. The summed E-state index contributed by atoms with van der Waals surface area (Å²) in [6, 6.07) is 1.37. The Morgan fingerprint density at radius 1 is 1.40 bits per heavy atom. The normalized spacial score (nSPS) is 24.4. The maximum absolute atomic E-state index is 13.3. The van der Waals surface area contributed by atoms with E-state index in [1.807, 2.05) is 32.8 Å². The number of pyridine rings is 1. The molecule has 1 amide bonds. The van der Waals surface area contributed by atoms with E-state index in [0.29, 0.717) is 42.9 Å². The van der Waals surface area contributed by atoms with E-state index >= 15 is 0 Å². The zero-order chi connectivity index (χ0) is 21.9. The highest BCUT2D eigenvalue weighted by Crippen LogP contribution is 2.29. The van der Waals surface area contributed by atoms with E-state index < -0.39 is 5.60 Å². The number of amides is 1. The van der Waals surface area contributed by atoms with Crippen LogP contribution in [0.3, 0.4) is 0 Å². The molecule has 2 aliphatic rings. The zero-order valence-corrected chi connectivity index (χ0v) is 18.4. The third-order valence-electron chi connectivity index (χ3n) is 5.94. The number of nitrogens with zero attached hydrogens (tertiary/aromatic N) is 3. The summed E-state index contributed by atoms with van der Waals surface area (Å²) >= 11 is 0. The van der Waals surface area contributed by atoms with E-state index in [1.165, 1.54) is 0 Å². The second-order valence-electron chi connectivity index (χ2n) is 8.95. The number of aliphatic hydroxyl groups excluding tert-OH is 1. The number of ether oxygens (including phenoxy) is 1. The van der Waals surface area contributed by atoms with Crippen molar-refractivity contribution in [2.24, 2.45) is 5.92 Å². The number of likely N-dealkylation sites (N-methyl/N-ethyl adjacent to an activating group) is 1. The lowest BCUT2D eigenvalue weighted by Gasteiger charge is -2.37. The molecule has 0 saturated heterocycles. The maximum Gasteiger partial charge on any atom is 0.259 e. The number of carbonyl (C=O) groups is 1. The number of hydrogen-bond donors (Lipinski definition) is 2. The van der Waals surface area contributed by atoms with Gasteiger partial charge in [-0.05, 0) is 52.8 Å². The van der Waals surface area contributed by atoms with Gasteiger partial charge in [0.2, 0.25) is 5.88 Å². The Hall–Kier alpha value is -2.14.